The molecule has 2 nitrogen and oxygen atoms in total. The Balaban J connectivity index is 1.03. The van der Waals surface area contributed by atoms with E-state index in [4.69, 9.17) is 9.47 Å². The van der Waals surface area contributed by atoms with Crippen LogP contribution in [0.3, 0.4) is 0 Å². The quantitative estimate of drug-likeness (QED) is 0.117. The zero-order valence-electron chi connectivity index (χ0n) is 43.7. The highest BCUT2D eigenvalue weighted by Gasteiger charge is 2.48. The van der Waals surface area contributed by atoms with Crippen LogP contribution in [-0.2, 0) is 10.8 Å². The van der Waals surface area contributed by atoms with Crippen molar-refractivity contribution in [2.45, 2.75) is 10.8 Å². The number of hydrogen-bond acceptors (Lipinski definition) is 2. The molecule has 0 aliphatic carbocycles. The molecule has 0 atom stereocenters. The van der Waals surface area contributed by atoms with Crippen LogP contribution in [-0.4, -0.2) is 0 Å². The Morgan fingerprint density at radius 1 is 0.225 bits per heavy atom. The van der Waals surface area contributed by atoms with Crippen molar-refractivity contribution >= 4 is 43.1 Å². The van der Waals surface area contributed by atoms with Gasteiger partial charge in [-0.05, 0) is 141 Å². The fraction of sp³-hybridized carbons (Fsp3) is 0.0256. The van der Waals surface area contributed by atoms with Gasteiger partial charge in [0.1, 0.15) is 23.0 Å². The Kier molecular flexibility index (Phi) is 10.4. The van der Waals surface area contributed by atoms with E-state index in [0.29, 0.717) is 0 Å². The Morgan fingerprint density at radius 3 is 1.30 bits per heavy atom. The van der Waals surface area contributed by atoms with E-state index < -0.39 is 10.8 Å². The molecule has 0 radical (unpaired) electrons. The summed E-state index contributed by atoms with van der Waals surface area (Å²) in [5.41, 5.74) is 14.6. The highest BCUT2D eigenvalue weighted by Crippen LogP contribution is 2.60. The lowest BCUT2D eigenvalue weighted by Gasteiger charge is -2.42. The van der Waals surface area contributed by atoms with Gasteiger partial charge in [0.15, 0.2) is 0 Å². The van der Waals surface area contributed by atoms with Crippen molar-refractivity contribution < 1.29 is 9.47 Å². The van der Waals surface area contributed by atoms with E-state index in [2.05, 4.69) is 303 Å². The van der Waals surface area contributed by atoms with Gasteiger partial charge >= 0.3 is 0 Å². The van der Waals surface area contributed by atoms with Crippen molar-refractivity contribution in [1.29, 1.82) is 0 Å². The van der Waals surface area contributed by atoms with Gasteiger partial charge in [0.05, 0.1) is 10.8 Å². The molecule has 14 aromatic carbocycles. The van der Waals surface area contributed by atoms with Crippen molar-refractivity contribution in [1.82, 2.24) is 0 Å². The second-order valence-corrected chi connectivity index (χ2v) is 21.3. The number of fused-ring (bicyclic) bond motifs is 9. The molecule has 0 saturated heterocycles. The summed E-state index contributed by atoms with van der Waals surface area (Å²) >= 11 is 0. The minimum atomic E-state index is -0.737. The highest BCUT2D eigenvalue weighted by molar-refractivity contribution is 6.24. The maximum atomic E-state index is 7.12. The van der Waals surface area contributed by atoms with E-state index in [1.54, 1.807) is 0 Å². The predicted octanol–water partition coefficient (Wildman–Crippen LogP) is 20.3. The summed E-state index contributed by atoms with van der Waals surface area (Å²) in [6.07, 6.45) is 0. The molecule has 0 aromatic heterocycles. The molecular weight excluding hydrogens is 969 g/mol. The van der Waals surface area contributed by atoms with Crippen LogP contribution in [0.15, 0.2) is 303 Å². The summed E-state index contributed by atoms with van der Waals surface area (Å²) in [6, 6.07) is 111. The first-order chi connectivity index (χ1) is 39.7. The molecule has 16 rings (SSSR count). The third-order valence-corrected chi connectivity index (χ3v) is 17.3. The van der Waals surface area contributed by atoms with Crippen LogP contribution in [0.2, 0.25) is 0 Å². The van der Waals surface area contributed by atoms with Gasteiger partial charge in [0, 0.05) is 22.3 Å². The number of rotatable bonds is 7. The minimum Gasteiger partial charge on any atom is -0.457 e. The van der Waals surface area contributed by atoms with E-state index >= 15 is 0 Å². The van der Waals surface area contributed by atoms with E-state index in [-0.39, 0.29) is 0 Å². The molecule has 0 bridgehead atoms. The lowest BCUT2D eigenvalue weighted by atomic mass is 9.62. The van der Waals surface area contributed by atoms with Crippen molar-refractivity contribution in [2.24, 2.45) is 0 Å². The molecule has 0 spiro atoms. The van der Waals surface area contributed by atoms with E-state index in [9.17, 15) is 0 Å². The Hall–Kier alpha value is -10.3. The minimum absolute atomic E-state index is 0.681. The number of para-hydroxylation sites is 2. The fourth-order valence-electron chi connectivity index (χ4n) is 14.1. The topological polar surface area (TPSA) is 18.5 Å². The second-order valence-electron chi connectivity index (χ2n) is 21.3. The van der Waals surface area contributed by atoms with Crippen LogP contribution < -0.4 is 9.47 Å². The molecule has 2 heteroatoms. The summed E-state index contributed by atoms with van der Waals surface area (Å²) in [4.78, 5) is 0. The van der Waals surface area contributed by atoms with Gasteiger partial charge in [-0.15, -0.1) is 0 Å². The van der Waals surface area contributed by atoms with Crippen molar-refractivity contribution in [3.05, 3.63) is 348 Å². The Bertz CT molecular complexity index is 4680. The summed E-state index contributed by atoms with van der Waals surface area (Å²) in [5, 5.41) is 9.56. The van der Waals surface area contributed by atoms with Crippen LogP contribution in [0.5, 0.6) is 23.0 Å². The Labute approximate surface area is 465 Å². The molecule has 0 fully saturated rings. The van der Waals surface area contributed by atoms with Crippen LogP contribution in [0.1, 0.15) is 44.5 Å². The van der Waals surface area contributed by atoms with Gasteiger partial charge in [-0.1, -0.05) is 261 Å². The molecule has 374 valence electrons. The molecule has 2 aliphatic heterocycles. The first kappa shape index (κ1) is 45.9. The molecular formula is C78H50O2. The lowest BCUT2D eigenvalue weighted by Crippen LogP contribution is -2.34. The van der Waals surface area contributed by atoms with Gasteiger partial charge in [-0.3, -0.25) is 0 Å². The lowest BCUT2D eigenvalue weighted by molar-refractivity contribution is 0.434. The van der Waals surface area contributed by atoms with Gasteiger partial charge in [-0.2, -0.15) is 0 Å². The highest BCUT2D eigenvalue weighted by atomic mass is 16.5. The van der Waals surface area contributed by atoms with E-state index in [1.807, 2.05) is 0 Å². The van der Waals surface area contributed by atoms with Gasteiger partial charge in [0.2, 0.25) is 0 Å². The van der Waals surface area contributed by atoms with E-state index in [1.165, 1.54) is 65.7 Å². The zero-order chi connectivity index (χ0) is 52.8. The molecule has 14 aromatic rings. The first-order valence-electron chi connectivity index (χ1n) is 27.6. The standard InChI is InChI=1S/C78H50O2/c1-5-25-53(26-6-1)77(54-27-7-2-8-28-54)68-41-17-19-43-71(68)79-73-47-46-52(49-70(73)77)58-36-21-38-62-65(58)50-66-61(37-22-39-63(66)75(62)67-48-51-24-13-14-33-57(51)59-34-15-16-35-60(59)67)64-40-23-45-74-76(64)78(55-29-9-3-10-30-55,56-31-11-4-12-32-56)69-42-18-20-44-72(69)80-74/h1-50H. The zero-order valence-corrected chi connectivity index (χ0v) is 43.7. The fourth-order valence-corrected chi connectivity index (χ4v) is 14.1. The number of benzene rings is 14. The molecule has 0 saturated carbocycles. The number of ether oxygens (including phenoxy) is 2. The van der Waals surface area contributed by atoms with Crippen molar-refractivity contribution in [3.63, 3.8) is 0 Å². The van der Waals surface area contributed by atoms with Crippen molar-refractivity contribution in [2.75, 3.05) is 0 Å². The normalized spacial score (nSPS) is 13.7. The molecule has 2 aliphatic rings. The van der Waals surface area contributed by atoms with Crippen LogP contribution >= 0.6 is 0 Å². The smallest absolute Gasteiger partial charge is 0.132 e. The predicted molar refractivity (Wildman–Crippen MR) is 330 cm³/mol. The average molecular weight is 1020 g/mol. The summed E-state index contributed by atoms with van der Waals surface area (Å²) in [5.74, 6) is 3.39. The number of hydrogen-bond donors (Lipinski definition) is 0. The van der Waals surface area contributed by atoms with Gasteiger partial charge in [0.25, 0.3) is 0 Å². The summed E-state index contributed by atoms with van der Waals surface area (Å²) in [7, 11) is 0. The van der Waals surface area contributed by atoms with E-state index in [0.717, 1.165) is 78.3 Å². The molecule has 0 N–H and O–H groups in total. The average Bonchev–Trinajstić information content (AvgIpc) is 3.03. The Morgan fingerprint density at radius 2 is 0.662 bits per heavy atom. The maximum absolute atomic E-state index is 7.12. The van der Waals surface area contributed by atoms with Gasteiger partial charge in [-0.25, -0.2) is 0 Å². The third kappa shape index (κ3) is 6.66. The first-order valence-corrected chi connectivity index (χ1v) is 27.6. The van der Waals surface area contributed by atoms with Crippen LogP contribution in [0, 0.1) is 0 Å². The maximum Gasteiger partial charge on any atom is 0.132 e. The molecule has 2 heterocycles. The largest absolute Gasteiger partial charge is 0.457 e. The third-order valence-electron chi connectivity index (χ3n) is 17.3. The van der Waals surface area contributed by atoms with Crippen LogP contribution in [0.25, 0.3) is 76.5 Å². The monoisotopic (exact) mass is 1020 g/mol. The van der Waals surface area contributed by atoms with Crippen LogP contribution in [0.4, 0.5) is 0 Å². The molecule has 0 unspecified atom stereocenters. The molecule has 0 amide bonds. The summed E-state index contributed by atoms with van der Waals surface area (Å²) in [6.45, 7) is 0. The molecule has 80 heavy (non-hydrogen) atoms. The van der Waals surface area contributed by atoms with Gasteiger partial charge < -0.3 is 9.47 Å². The second kappa shape index (κ2) is 18.2. The summed E-state index contributed by atoms with van der Waals surface area (Å²) < 4.78 is 14.1. The SMILES string of the molecule is c1ccc(C2(c3ccccc3)c3ccccc3Oc3ccc(-c4cccc5c(-c6cc7ccccc7c7ccccc67)c6cccc(-c7cccc8c7C(c7ccccc7)(c7ccccc7)c7ccccc7O8)c6cc45)cc32)cc1. The van der Waals surface area contributed by atoms with Crippen molar-refractivity contribution in [3.8, 4) is 56.4 Å².